The average Bonchev–Trinajstić information content (AvgIpc) is 2.54. The summed E-state index contributed by atoms with van der Waals surface area (Å²) in [4.78, 5) is 2.13. The van der Waals surface area contributed by atoms with Crippen LogP contribution in [0.1, 0.15) is 16.7 Å². The molecule has 21 heavy (non-hydrogen) atoms. The molecule has 0 aromatic heterocycles. The maximum absolute atomic E-state index is 8.83. The van der Waals surface area contributed by atoms with E-state index in [9.17, 15) is 0 Å². The molecule has 3 heteroatoms. The minimum Gasteiger partial charge on any atom is -0.370 e. The fourth-order valence-electron chi connectivity index (χ4n) is 2.06. The van der Waals surface area contributed by atoms with Crippen LogP contribution in [-0.2, 0) is 6.54 Å². The van der Waals surface area contributed by atoms with E-state index in [0.29, 0.717) is 12.1 Å². The van der Waals surface area contributed by atoms with Gasteiger partial charge in [0, 0.05) is 24.8 Å². The molecule has 104 valence electrons. The van der Waals surface area contributed by atoms with Crippen LogP contribution < -0.4 is 10.6 Å². The van der Waals surface area contributed by atoms with Crippen molar-refractivity contribution in [2.45, 2.75) is 6.54 Å². The first-order valence-corrected chi connectivity index (χ1v) is 6.72. The second-order valence-electron chi connectivity index (χ2n) is 4.68. The fourth-order valence-corrected chi connectivity index (χ4v) is 2.06. The molecule has 0 amide bonds. The zero-order valence-corrected chi connectivity index (χ0v) is 12.0. The standard InChI is InChI=1S/C18H17N3/c1-21(18-10-8-15(13-20)9-11-18)14-17-6-3-2-5-16(17)7-4-12-19/h2-3,5-6,8-11H,12,14,19H2,1H3. The van der Waals surface area contributed by atoms with Crippen LogP contribution in [0.25, 0.3) is 0 Å². The van der Waals surface area contributed by atoms with E-state index < -0.39 is 0 Å². The Labute approximate surface area is 125 Å². The highest BCUT2D eigenvalue weighted by Crippen LogP contribution is 2.18. The van der Waals surface area contributed by atoms with Crippen molar-refractivity contribution in [2.75, 3.05) is 18.5 Å². The van der Waals surface area contributed by atoms with E-state index in [2.05, 4.69) is 28.9 Å². The number of nitrogens with zero attached hydrogens (tertiary/aromatic N) is 2. The Kier molecular flexibility index (Phi) is 4.99. The Bertz CT molecular complexity index is 700. The SMILES string of the molecule is CN(Cc1ccccc1C#CCN)c1ccc(C#N)cc1. The number of nitrogens with two attached hydrogens (primary N) is 1. The lowest BCUT2D eigenvalue weighted by Gasteiger charge is -2.20. The van der Waals surface area contributed by atoms with Crippen LogP contribution in [0.3, 0.4) is 0 Å². The molecule has 0 atom stereocenters. The summed E-state index contributed by atoms with van der Waals surface area (Å²) in [6.45, 7) is 1.11. The number of hydrogen-bond acceptors (Lipinski definition) is 3. The van der Waals surface area contributed by atoms with Crippen LogP contribution in [0.15, 0.2) is 48.5 Å². The molecule has 0 radical (unpaired) electrons. The largest absolute Gasteiger partial charge is 0.370 e. The van der Waals surface area contributed by atoms with Gasteiger partial charge < -0.3 is 10.6 Å². The van der Waals surface area contributed by atoms with E-state index in [-0.39, 0.29) is 0 Å². The normalized spacial score (nSPS) is 9.38. The van der Waals surface area contributed by atoms with E-state index in [4.69, 9.17) is 11.0 Å². The molecule has 2 aromatic carbocycles. The van der Waals surface area contributed by atoms with Gasteiger partial charge in [-0.3, -0.25) is 0 Å². The van der Waals surface area contributed by atoms with E-state index in [1.807, 2.05) is 49.5 Å². The lowest BCUT2D eigenvalue weighted by molar-refractivity contribution is 0.920. The molecule has 0 unspecified atom stereocenters. The van der Waals surface area contributed by atoms with Gasteiger partial charge >= 0.3 is 0 Å². The van der Waals surface area contributed by atoms with Crippen molar-refractivity contribution in [1.29, 1.82) is 5.26 Å². The molecule has 0 spiro atoms. The summed E-state index contributed by atoms with van der Waals surface area (Å²) in [5, 5.41) is 8.83. The van der Waals surface area contributed by atoms with Crippen LogP contribution in [0.4, 0.5) is 5.69 Å². The van der Waals surface area contributed by atoms with Gasteiger partial charge in [-0.1, -0.05) is 30.0 Å². The lowest BCUT2D eigenvalue weighted by atomic mass is 10.1. The second-order valence-corrected chi connectivity index (χ2v) is 4.68. The summed E-state index contributed by atoms with van der Waals surface area (Å²) in [5.41, 5.74) is 9.33. The van der Waals surface area contributed by atoms with Crippen LogP contribution in [0, 0.1) is 23.2 Å². The average molecular weight is 275 g/mol. The number of nitriles is 1. The van der Waals surface area contributed by atoms with Crippen LogP contribution in [-0.4, -0.2) is 13.6 Å². The summed E-state index contributed by atoms with van der Waals surface area (Å²) in [5.74, 6) is 6.00. The maximum atomic E-state index is 8.83. The van der Waals surface area contributed by atoms with Crippen molar-refractivity contribution < 1.29 is 0 Å². The van der Waals surface area contributed by atoms with Crippen LogP contribution in [0.5, 0.6) is 0 Å². The third kappa shape index (κ3) is 3.86. The zero-order valence-electron chi connectivity index (χ0n) is 12.0. The van der Waals surface area contributed by atoms with Gasteiger partial charge in [0.15, 0.2) is 0 Å². The molecule has 3 nitrogen and oxygen atoms in total. The predicted molar refractivity (Wildman–Crippen MR) is 85.6 cm³/mol. The molecule has 2 aromatic rings. The van der Waals surface area contributed by atoms with Crippen molar-refractivity contribution in [3.8, 4) is 17.9 Å². The molecule has 0 heterocycles. The Morgan fingerprint density at radius 3 is 2.48 bits per heavy atom. The highest BCUT2D eigenvalue weighted by Gasteiger charge is 2.05. The van der Waals surface area contributed by atoms with Gasteiger partial charge in [0.1, 0.15) is 0 Å². The van der Waals surface area contributed by atoms with Crippen LogP contribution in [0.2, 0.25) is 0 Å². The molecule has 2 N–H and O–H groups in total. The van der Waals surface area contributed by atoms with Gasteiger partial charge in [-0.25, -0.2) is 0 Å². The molecule has 2 rings (SSSR count). The molecule has 0 bridgehead atoms. The van der Waals surface area contributed by atoms with E-state index >= 15 is 0 Å². The van der Waals surface area contributed by atoms with E-state index in [1.165, 1.54) is 0 Å². The summed E-state index contributed by atoms with van der Waals surface area (Å²) < 4.78 is 0. The quantitative estimate of drug-likeness (QED) is 0.876. The first kappa shape index (κ1) is 14.7. The van der Waals surface area contributed by atoms with E-state index in [1.54, 1.807) is 0 Å². The van der Waals surface area contributed by atoms with Gasteiger partial charge in [-0.15, -0.1) is 0 Å². The molecular formula is C18H17N3. The predicted octanol–water partition coefficient (Wildman–Crippen LogP) is 2.50. The molecule has 0 aliphatic carbocycles. The molecule has 0 fully saturated rings. The maximum Gasteiger partial charge on any atom is 0.0991 e. The Morgan fingerprint density at radius 2 is 1.81 bits per heavy atom. The number of rotatable bonds is 3. The Balaban J connectivity index is 2.19. The van der Waals surface area contributed by atoms with Gasteiger partial charge in [0.2, 0.25) is 0 Å². The van der Waals surface area contributed by atoms with Crippen molar-refractivity contribution in [1.82, 2.24) is 0 Å². The van der Waals surface area contributed by atoms with Crippen molar-refractivity contribution in [2.24, 2.45) is 5.73 Å². The summed E-state index contributed by atoms with van der Waals surface area (Å²) in [7, 11) is 2.02. The Morgan fingerprint density at radius 1 is 1.10 bits per heavy atom. The highest BCUT2D eigenvalue weighted by molar-refractivity contribution is 5.51. The molecule has 0 aliphatic rings. The van der Waals surface area contributed by atoms with Gasteiger partial charge in [-0.05, 0) is 35.9 Å². The zero-order chi connectivity index (χ0) is 15.1. The minimum atomic E-state index is 0.361. The summed E-state index contributed by atoms with van der Waals surface area (Å²) >= 11 is 0. The van der Waals surface area contributed by atoms with Gasteiger partial charge in [0.05, 0.1) is 18.2 Å². The van der Waals surface area contributed by atoms with Gasteiger partial charge in [-0.2, -0.15) is 5.26 Å². The monoisotopic (exact) mass is 275 g/mol. The smallest absolute Gasteiger partial charge is 0.0991 e. The highest BCUT2D eigenvalue weighted by atomic mass is 15.1. The van der Waals surface area contributed by atoms with Crippen molar-refractivity contribution in [3.05, 3.63) is 65.2 Å². The third-order valence-electron chi connectivity index (χ3n) is 3.19. The molecule has 0 aliphatic heterocycles. The first-order chi connectivity index (χ1) is 10.2. The number of hydrogen-bond donors (Lipinski definition) is 1. The van der Waals surface area contributed by atoms with E-state index in [0.717, 1.165) is 23.4 Å². The third-order valence-corrected chi connectivity index (χ3v) is 3.19. The molecular weight excluding hydrogens is 258 g/mol. The molecule has 0 saturated heterocycles. The topological polar surface area (TPSA) is 53.0 Å². The Hall–Kier alpha value is -2.75. The van der Waals surface area contributed by atoms with Crippen molar-refractivity contribution in [3.63, 3.8) is 0 Å². The first-order valence-electron chi connectivity index (χ1n) is 6.72. The molecule has 0 saturated carbocycles. The minimum absolute atomic E-state index is 0.361. The fraction of sp³-hybridized carbons (Fsp3) is 0.167. The second kappa shape index (κ2) is 7.14. The number of benzene rings is 2. The van der Waals surface area contributed by atoms with Gasteiger partial charge in [0.25, 0.3) is 0 Å². The number of anilines is 1. The summed E-state index contributed by atoms with van der Waals surface area (Å²) in [6, 6.07) is 17.7. The van der Waals surface area contributed by atoms with Crippen molar-refractivity contribution >= 4 is 5.69 Å². The van der Waals surface area contributed by atoms with Crippen LogP contribution >= 0.6 is 0 Å². The lowest BCUT2D eigenvalue weighted by Crippen LogP contribution is -2.17. The summed E-state index contributed by atoms with van der Waals surface area (Å²) in [6.07, 6.45) is 0.